The highest BCUT2D eigenvalue weighted by atomic mass is 32.2. The van der Waals surface area contributed by atoms with E-state index >= 15 is 0 Å². The maximum absolute atomic E-state index is 12.6. The van der Waals surface area contributed by atoms with Crippen molar-refractivity contribution >= 4 is 45.3 Å². The second-order valence-electron chi connectivity index (χ2n) is 5.46. The molecule has 0 aliphatic carbocycles. The lowest BCUT2D eigenvalue weighted by molar-refractivity contribution is -0.139. The van der Waals surface area contributed by atoms with Crippen LogP contribution in [-0.4, -0.2) is 45.7 Å². The Bertz CT molecular complexity index is 1070. The molecule has 0 atom stereocenters. The minimum Gasteiger partial charge on any atom is -0.469 e. The number of aryl methyl sites for hydroxylation is 1. The Morgan fingerprint density at radius 2 is 2.11 bits per heavy atom. The molecule has 142 valence electrons. The lowest BCUT2D eigenvalue weighted by atomic mass is 10.1. The smallest absolute Gasteiger partial charge is 0.348 e. The highest BCUT2D eigenvalue weighted by Crippen LogP contribution is 2.30. The Morgan fingerprint density at radius 1 is 1.33 bits per heavy atom. The van der Waals surface area contributed by atoms with E-state index in [1.165, 1.54) is 26.0 Å². The van der Waals surface area contributed by atoms with E-state index in [0.717, 1.165) is 16.5 Å². The van der Waals surface area contributed by atoms with Crippen molar-refractivity contribution in [2.24, 2.45) is 7.05 Å². The normalized spacial score (nSPS) is 10.9. The molecular weight excluding hydrogens is 392 g/mol. The van der Waals surface area contributed by atoms with Gasteiger partial charge in [-0.05, 0) is 0 Å². The quantitative estimate of drug-likeness (QED) is 0.482. The van der Waals surface area contributed by atoms with Crippen molar-refractivity contribution in [1.82, 2.24) is 19.5 Å². The number of aromatic nitrogens is 4. The third-order valence-corrected chi connectivity index (χ3v) is 5.92. The molecule has 0 saturated heterocycles. The number of nitrogens with one attached hydrogen (secondary N) is 1. The number of carbonyl (C=O) groups is 2. The monoisotopic (exact) mass is 408 g/mol. The number of imidazole rings is 1. The van der Waals surface area contributed by atoms with Gasteiger partial charge in [-0.2, -0.15) is 0 Å². The zero-order chi connectivity index (χ0) is 19.6. The number of thiophene rings is 1. The highest BCUT2D eigenvalue weighted by molar-refractivity contribution is 7.98. The second-order valence-corrected chi connectivity index (χ2v) is 7.40. The summed E-state index contributed by atoms with van der Waals surface area (Å²) >= 11 is 2.44. The molecule has 0 saturated carbocycles. The number of methoxy groups -OCH3 is 2. The molecular formula is C16H16N4O5S2. The fraction of sp³-hybridized carbons (Fsp3) is 0.312. The number of nitrogens with zero attached hydrogens (tertiary/aromatic N) is 3. The molecule has 3 rings (SSSR count). The van der Waals surface area contributed by atoms with Gasteiger partial charge in [-0.15, -0.1) is 11.3 Å². The lowest BCUT2D eigenvalue weighted by Gasteiger charge is -2.03. The fourth-order valence-corrected chi connectivity index (χ4v) is 4.38. The standard InChI is InChI=1S/C16H16N4O5S2/c1-20-5-4-17-16(20)26-7-9-18-13(22)11-8(6-10(21)24-2)12(15(23)25-3)27-14(11)19-9/h4-5H,6-7H2,1-3H3,(H,18,19,22). The second kappa shape index (κ2) is 7.92. The topological polar surface area (TPSA) is 116 Å². The molecule has 0 radical (unpaired) electrons. The first-order valence-electron chi connectivity index (χ1n) is 7.74. The summed E-state index contributed by atoms with van der Waals surface area (Å²) in [4.78, 5) is 48.3. The largest absolute Gasteiger partial charge is 0.469 e. The average molecular weight is 408 g/mol. The van der Waals surface area contributed by atoms with Gasteiger partial charge in [-0.1, -0.05) is 11.8 Å². The third-order valence-electron chi connectivity index (χ3n) is 3.74. The van der Waals surface area contributed by atoms with Crippen molar-refractivity contribution in [2.75, 3.05) is 14.2 Å². The van der Waals surface area contributed by atoms with Crippen LogP contribution in [0.4, 0.5) is 0 Å². The van der Waals surface area contributed by atoms with E-state index in [1.54, 1.807) is 6.20 Å². The molecule has 1 N–H and O–H groups in total. The molecule has 0 aromatic carbocycles. The SMILES string of the molecule is COC(=O)Cc1c(C(=O)OC)sc2nc(CSc3nccn3C)[nH]c(=O)c12. The third kappa shape index (κ3) is 3.88. The van der Waals surface area contributed by atoms with E-state index in [0.29, 0.717) is 16.4 Å². The van der Waals surface area contributed by atoms with Crippen molar-refractivity contribution in [3.8, 4) is 0 Å². The van der Waals surface area contributed by atoms with E-state index in [1.807, 2.05) is 17.8 Å². The summed E-state index contributed by atoms with van der Waals surface area (Å²) in [6.07, 6.45) is 3.29. The van der Waals surface area contributed by atoms with Crippen LogP contribution in [0.2, 0.25) is 0 Å². The number of rotatable bonds is 6. The fourth-order valence-electron chi connectivity index (χ4n) is 2.44. The number of aromatic amines is 1. The van der Waals surface area contributed by atoms with E-state index in [-0.39, 0.29) is 22.2 Å². The Morgan fingerprint density at radius 3 is 2.74 bits per heavy atom. The van der Waals surface area contributed by atoms with E-state index in [9.17, 15) is 14.4 Å². The van der Waals surface area contributed by atoms with Gasteiger partial charge in [0, 0.05) is 25.0 Å². The molecule has 0 bridgehead atoms. The van der Waals surface area contributed by atoms with Crippen LogP contribution in [0, 0.1) is 0 Å². The van der Waals surface area contributed by atoms with E-state index in [2.05, 4.69) is 19.7 Å². The van der Waals surface area contributed by atoms with Gasteiger partial charge in [0.15, 0.2) is 5.16 Å². The number of hydrogen-bond donors (Lipinski definition) is 1. The Balaban J connectivity index is 2.01. The van der Waals surface area contributed by atoms with Crippen LogP contribution < -0.4 is 5.56 Å². The van der Waals surface area contributed by atoms with Crippen molar-refractivity contribution in [1.29, 1.82) is 0 Å². The minimum atomic E-state index is -0.625. The van der Waals surface area contributed by atoms with Gasteiger partial charge in [0.1, 0.15) is 15.5 Å². The molecule has 9 nitrogen and oxygen atoms in total. The zero-order valence-electron chi connectivity index (χ0n) is 14.8. The van der Waals surface area contributed by atoms with E-state index < -0.39 is 17.5 Å². The molecule has 27 heavy (non-hydrogen) atoms. The predicted molar refractivity (Wildman–Crippen MR) is 100 cm³/mol. The maximum atomic E-state index is 12.6. The van der Waals surface area contributed by atoms with Crippen LogP contribution in [0.25, 0.3) is 10.2 Å². The van der Waals surface area contributed by atoms with Crippen molar-refractivity contribution < 1.29 is 19.1 Å². The van der Waals surface area contributed by atoms with Gasteiger partial charge < -0.3 is 19.0 Å². The summed E-state index contributed by atoms with van der Waals surface area (Å²) in [5, 5.41) is 0.988. The van der Waals surface area contributed by atoms with Crippen LogP contribution in [0.5, 0.6) is 0 Å². The van der Waals surface area contributed by atoms with Gasteiger partial charge in [-0.25, -0.2) is 14.8 Å². The van der Waals surface area contributed by atoms with Gasteiger partial charge in [0.25, 0.3) is 5.56 Å². The first-order valence-corrected chi connectivity index (χ1v) is 9.54. The first kappa shape index (κ1) is 19.1. The Hall–Kier alpha value is -2.66. The summed E-state index contributed by atoms with van der Waals surface area (Å²) < 4.78 is 11.3. The molecule has 0 fully saturated rings. The number of thioether (sulfide) groups is 1. The van der Waals surface area contributed by atoms with Crippen molar-refractivity contribution in [3.05, 3.63) is 39.0 Å². The number of carbonyl (C=O) groups excluding carboxylic acids is 2. The lowest BCUT2D eigenvalue weighted by Crippen LogP contribution is -2.15. The molecule has 0 aliphatic heterocycles. The molecule has 3 aromatic rings. The summed E-state index contributed by atoms with van der Waals surface area (Å²) in [7, 11) is 4.35. The predicted octanol–water partition coefficient (Wildman–Crippen LogP) is 1.51. The van der Waals surface area contributed by atoms with E-state index in [4.69, 9.17) is 4.74 Å². The van der Waals surface area contributed by atoms with Gasteiger partial charge in [-0.3, -0.25) is 9.59 Å². The van der Waals surface area contributed by atoms with Gasteiger partial charge in [0.05, 0.1) is 31.8 Å². The number of hydrogen-bond acceptors (Lipinski definition) is 9. The molecule has 0 aliphatic rings. The van der Waals surface area contributed by atoms with Gasteiger partial charge in [0.2, 0.25) is 0 Å². The first-order chi connectivity index (χ1) is 12.9. The maximum Gasteiger partial charge on any atom is 0.348 e. The molecule has 3 aromatic heterocycles. The van der Waals surface area contributed by atoms with Crippen LogP contribution in [0.3, 0.4) is 0 Å². The summed E-state index contributed by atoms with van der Waals surface area (Å²) in [6.45, 7) is 0. The Labute approximate surface area is 161 Å². The highest BCUT2D eigenvalue weighted by Gasteiger charge is 2.24. The minimum absolute atomic E-state index is 0.171. The summed E-state index contributed by atoms with van der Waals surface area (Å²) in [5.74, 6) is -0.343. The molecule has 3 heterocycles. The van der Waals surface area contributed by atoms with Crippen molar-refractivity contribution in [3.63, 3.8) is 0 Å². The van der Waals surface area contributed by atoms with Crippen LogP contribution >= 0.6 is 23.1 Å². The number of H-pyrrole nitrogens is 1. The Kier molecular flexibility index (Phi) is 5.61. The number of esters is 2. The molecule has 0 unspecified atom stereocenters. The van der Waals surface area contributed by atoms with Crippen LogP contribution in [0.1, 0.15) is 21.1 Å². The summed E-state index contributed by atoms with van der Waals surface area (Å²) in [6, 6.07) is 0. The molecule has 0 spiro atoms. The summed E-state index contributed by atoms with van der Waals surface area (Å²) in [5.41, 5.74) is -0.147. The zero-order valence-corrected chi connectivity index (χ0v) is 16.4. The molecule has 0 amide bonds. The van der Waals surface area contributed by atoms with Gasteiger partial charge >= 0.3 is 11.9 Å². The number of ether oxygens (including phenoxy) is 2. The average Bonchev–Trinajstić information content (AvgIpc) is 3.22. The van der Waals surface area contributed by atoms with Crippen molar-refractivity contribution in [2.45, 2.75) is 17.3 Å². The number of fused-ring (bicyclic) bond motifs is 1. The molecule has 11 heteroatoms. The van der Waals surface area contributed by atoms with Crippen LogP contribution in [0.15, 0.2) is 22.3 Å². The van der Waals surface area contributed by atoms with Crippen LogP contribution in [-0.2, 0) is 33.5 Å².